The van der Waals surface area contributed by atoms with E-state index in [1.807, 2.05) is 30.3 Å². The van der Waals surface area contributed by atoms with Crippen LogP contribution in [0.4, 0.5) is 0 Å². The molecule has 32 heavy (non-hydrogen) atoms. The maximum absolute atomic E-state index is 12.0. The zero-order valence-electron chi connectivity index (χ0n) is 19.3. The van der Waals surface area contributed by atoms with Crippen molar-refractivity contribution in [2.75, 3.05) is 13.2 Å². The molecule has 1 aliphatic rings. The van der Waals surface area contributed by atoms with Crippen molar-refractivity contribution in [3.63, 3.8) is 0 Å². The number of oxime groups is 1. The molecule has 180 valence electrons. The standard InChI is InChI=1S/C25H39NO6/c1-2-3-4-5-6-7-8-9-13-16-23(27)31-19-22-25(29)24(28)21(18-30-22)26-32-17-20-14-11-10-12-15-20/h10-12,14-15,22,24-25,28-29H,2-9,13,16-19H2,1H3/t22-,24-,25-/m1/s1. The molecule has 1 aliphatic heterocycles. The van der Waals surface area contributed by atoms with E-state index >= 15 is 0 Å². The van der Waals surface area contributed by atoms with Crippen molar-refractivity contribution in [1.29, 1.82) is 0 Å². The summed E-state index contributed by atoms with van der Waals surface area (Å²) in [5, 5.41) is 24.5. The fraction of sp³-hybridized carbons (Fsp3) is 0.680. The van der Waals surface area contributed by atoms with Gasteiger partial charge in [0.05, 0.1) is 6.61 Å². The van der Waals surface area contributed by atoms with Gasteiger partial charge in [-0.3, -0.25) is 4.79 Å². The smallest absolute Gasteiger partial charge is 0.305 e. The van der Waals surface area contributed by atoms with Gasteiger partial charge in [0, 0.05) is 6.42 Å². The van der Waals surface area contributed by atoms with Gasteiger partial charge in [0.1, 0.15) is 37.2 Å². The normalized spacial score (nSPS) is 22.1. The quantitative estimate of drug-likeness (QED) is 0.237. The summed E-state index contributed by atoms with van der Waals surface area (Å²) in [6.45, 7) is 2.39. The molecule has 1 aromatic carbocycles. The SMILES string of the molecule is CCCCCCCCCCCC(=O)OC[C@H]1OCC(=NOCc2ccccc2)[C@@H](O)[C@@H]1O. The van der Waals surface area contributed by atoms with E-state index < -0.39 is 18.3 Å². The third-order valence-corrected chi connectivity index (χ3v) is 5.64. The molecule has 0 radical (unpaired) electrons. The van der Waals surface area contributed by atoms with Crippen LogP contribution in [0.5, 0.6) is 0 Å². The van der Waals surface area contributed by atoms with Crippen molar-refractivity contribution < 1.29 is 29.3 Å². The van der Waals surface area contributed by atoms with Crippen LogP contribution in [0.15, 0.2) is 35.5 Å². The first-order valence-electron chi connectivity index (χ1n) is 12.0. The molecule has 0 unspecified atom stereocenters. The molecular weight excluding hydrogens is 410 g/mol. The van der Waals surface area contributed by atoms with Crippen LogP contribution in [0.25, 0.3) is 0 Å². The number of esters is 1. The summed E-state index contributed by atoms with van der Waals surface area (Å²) in [4.78, 5) is 17.2. The largest absolute Gasteiger partial charge is 0.463 e. The lowest BCUT2D eigenvalue weighted by molar-refractivity contribution is -0.156. The van der Waals surface area contributed by atoms with Crippen molar-refractivity contribution in [2.24, 2.45) is 5.16 Å². The second-order valence-corrected chi connectivity index (χ2v) is 8.39. The molecule has 0 aromatic heterocycles. The molecule has 0 bridgehead atoms. The van der Waals surface area contributed by atoms with Crippen LogP contribution in [0.2, 0.25) is 0 Å². The van der Waals surface area contributed by atoms with E-state index in [2.05, 4.69) is 12.1 Å². The highest BCUT2D eigenvalue weighted by Crippen LogP contribution is 2.16. The van der Waals surface area contributed by atoms with Crippen LogP contribution in [0, 0.1) is 0 Å². The van der Waals surface area contributed by atoms with Gasteiger partial charge < -0.3 is 24.5 Å². The van der Waals surface area contributed by atoms with Crippen LogP contribution in [0.3, 0.4) is 0 Å². The number of carbonyl (C=O) groups is 1. The highest BCUT2D eigenvalue weighted by atomic mass is 16.6. The number of unbranched alkanes of at least 4 members (excludes halogenated alkanes) is 8. The van der Waals surface area contributed by atoms with E-state index in [0.717, 1.165) is 24.8 Å². The lowest BCUT2D eigenvalue weighted by atomic mass is 10.0. The molecule has 0 saturated carbocycles. The number of hydrogen-bond donors (Lipinski definition) is 2. The Bertz CT molecular complexity index is 666. The first kappa shape index (κ1) is 26.3. The number of aliphatic hydroxyl groups excluding tert-OH is 2. The van der Waals surface area contributed by atoms with Gasteiger partial charge in [-0.2, -0.15) is 0 Å². The van der Waals surface area contributed by atoms with E-state index in [1.54, 1.807) is 0 Å². The van der Waals surface area contributed by atoms with Crippen molar-refractivity contribution in [3.05, 3.63) is 35.9 Å². The number of benzene rings is 1. The molecule has 7 nitrogen and oxygen atoms in total. The van der Waals surface area contributed by atoms with Gasteiger partial charge in [0.2, 0.25) is 0 Å². The summed E-state index contributed by atoms with van der Waals surface area (Å²) in [7, 11) is 0. The molecule has 3 atom stereocenters. The second kappa shape index (κ2) is 15.8. The summed E-state index contributed by atoms with van der Waals surface area (Å²) in [5.74, 6) is -0.302. The number of aliphatic hydroxyl groups is 2. The molecule has 1 heterocycles. The number of ether oxygens (including phenoxy) is 2. The fourth-order valence-corrected chi connectivity index (χ4v) is 3.60. The predicted molar refractivity (Wildman–Crippen MR) is 123 cm³/mol. The molecule has 0 aliphatic carbocycles. The summed E-state index contributed by atoms with van der Waals surface area (Å²) < 4.78 is 10.8. The third-order valence-electron chi connectivity index (χ3n) is 5.64. The van der Waals surface area contributed by atoms with Gasteiger partial charge in [0.15, 0.2) is 0 Å². The lowest BCUT2D eigenvalue weighted by Gasteiger charge is -2.32. The zero-order chi connectivity index (χ0) is 23.0. The Morgan fingerprint density at radius 3 is 2.38 bits per heavy atom. The van der Waals surface area contributed by atoms with E-state index in [4.69, 9.17) is 14.3 Å². The topological polar surface area (TPSA) is 97.6 Å². The predicted octanol–water partition coefficient (Wildman–Crippen LogP) is 4.14. The average molecular weight is 450 g/mol. The van der Waals surface area contributed by atoms with E-state index in [9.17, 15) is 15.0 Å². The van der Waals surface area contributed by atoms with Gasteiger partial charge in [0.25, 0.3) is 0 Å². The zero-order valence-corrected chi connectivity index (χ0v) is 19.3. The van der Waals surface area contributed by atoms with Gasteiger partial charge in [-0.15, -0.1) is 0 Å². The molecule has 0 amide bonds. The molecule has 1 fully saturated rings. The van der Waals surface area contributed by atoms with Crippen LogP contribution in [-0.2, 0) is 25.7 Å². The minimum absolute atomic E-state index is 0.00743. The van der Waals surface area contributed by atoms with Gasteiger partial charge in [-0.25, -0.2) is 0 Å². The lowest BCUT2D eigenvalue weighted by Crippen LogP contribution is -2.52. The maximum atomic E-state index is 12.0. The number of carbonyl (C=O) groups excluding carboxylic acids is 1. The number of hydrogen-bond acceptors (Lipinski definition) is 7. The molecule has 1 aromatic rings. The Morgan fingerprint density at radius 1 is 1.03 bits per heavy atom. The van der Waals surface area contributed by atoms with Gasteiger partial charge in [-0.1, -0.05) is 93.8 Å². The fourth-order valence-electron chi connectivity index (χ4n) is 3.60. The highest BCUT2D eigenvalue weighted by Gasteiger charge is 2.37. The molecule has 1 saturated heterocycles. The van der Waals surface area contributed by atoms with Gasteiger partial charge in [-0.05, 0) is 12.0 Å². The summed E-state index contributed by atoms with van der Waals surface area (Å²) in [6, 6.07) is 9.52. The Kier molecular flexibility index (Phi) is 13.0. The van der Waals surface area contributed by atoms with E-state index in [1.165, 1.54) is 38.5 Å². The number of rotatable bonds is 15. The van der Waals surface area contributed by atoms with Crippen LogP contribution in [-0.4, -0.2) is 53.4 Å². The molecule has 2 N–H and O–H groups in total. The van der Waals surface area contributed by atoms with Gasteiger partial charge >= 0.3 is 5.97 Å². The van der Waals surface area contributed by atoms with E-state index in [0.29, 0.717) is 6.42 Å². The van der Waals surface area contributed by atoms with Crippen molar-refractivity contribution in [3.8, 4) is 0 Å². The summed E-state index contributed by atoms with van der Waals surface area (Å²) in [6.07, 6.45) is 7.79. The first-order valence-corrected chi connectivity index (χ1v) is 12.0. The first-order chi connectivity index (χ1) is 15.6. The molecular formula is C25H39NO6. The third kappa shape index (κ3) is 10.1. The Hall–Kier alpha value is -1.96. The van der Waals surface area contributed by atoms with E-state index in [-0.39, 0.29) is 31.5 Å². The van der Waals surface area contributed by atoms with Crippen molar-refractivity contribution >= 4 is 11.7 Å². The summed E-state index contributed by atoms with van der Waals surface area (Å²) >= 11 is 0. The number of nitrogens with zero attached hydrogens (tertiary/aromatic N) is 1. The Labute approximate surface area is 191 Å². The van der Waals surface area contributed by atoms with Crippen molar-refractivity contribution in [2.45, 2.75) is 96.1 Å². The highest BCUT2D eigenvalue weighted by molar-refractivity contribution is 5.90. The molecule has 2 rings (SSSR count). The Morgan fingerprint density at radius 2 is 1.69 bits per heavy atom. The van der Waals surface area contributed by atoms with Crippen LogP contribution in [0.1, 0.15) is 76.7 Å². The maximum Gasteiger partial charge on any atom is 0.305 e. The summed E-state index contributed by atoms with van der Waals surface area (Å²) in [5.41, 5.74) is 1.16. The molecule has 0 spiro atoms. The van der Waals surface area contributed by atoms with Crippen LogP contribution >= 0.6 is 0 Å². The minimum Gasteiger partial charge on any atom is -0.463 e. The monoisotopic (exact) mass is 449 g/mol. The second-order valence-electron chi connectivity index (χ2n) is 8.39. The molecule has 7 heteroatoms. The minimum atomic E-state index is -1.23. The van der Waals surface area contributed by atoms with Crippen LogP contribution < -0.4 is 0 Å². The van der Waals surface area contributed by atoms with Crippen molar-refractivity contribution in [1.82, 2.24) is 0 Å². The average Bonchev–Trinajstić information content (AvgIpc) is 2.81. The Balaban J connectivity index is 1.57.